The summed E-state index contributed by atoms with van der Waals surface area (Å²) in [5.41, 5.74) is 0.595. The molecule has 2 aromatic rings. The number of nitrogens with zero attached hydrogens (tertiary/aromatic N) is 2. The fourth-order valence-corrected chi connectivity index (χ4v) is 4.33. The van der Waals surface area contributed by atoms with Crippen molar-refractivity contribution in [2.45, 2.75) is 36.1 Å². The summed E-state index contributed by atoms with van der Waals surface area (Å²) in [5.74, 6) is -0.0693. The second-order valence-corrected chi connectivity index (χ2v) is 8.31. The van der Waals surface area contributed by atoms with Gasteiger partial charge in [-0.25, -0.2) is 0 Å². The second-order valence-electron chi connectivity index (χ2n) is 5.68. The maximum Gasteiger partial charge on any atom is 0.286 e. The van der Waals surface area contributed by atoms with Gasteiger partial charge in [-0.1, -0.05) is 53.6 Å². The van der Waals surface area contributed by atoms with E-state index in [1.807, 2.05) is 0 Å². The van der Waals surface area contributed by atoms with E-state index in [0.717, 1.165) is 24.2 Å². The minimum Gasteiger partial charge on any atom is -0.353 e. The van der Waals surface area contributed by atoms with Crippen LogP contribution in [0.3, 0.4) is 0 Å². The van der Waals surface area contributed by atoms with Crippen LogP contribution in [0.4, 0.5) is 5.69 Å². The van der Waals surface area contributed by atoms with Crippen LogP contribution in [-0.4, -0.2) is 33.8 Å². The highest BCUT2D eigenvalue weighted by Crippen LogP contribution is 2.24. The van der Waals surface area contributed by atoms with Crippen molar-refractivity contribution in [2.75, 3.05) is 11.1 Å². The third-order valence-corrected chi connectivity index (χ3v) is 6.02. The Bertz CT molecular complexity index is 762. The molecule has 0 saturated heterocycles. The quantitative estimate of drug-likeness (QED) is 0.729. The highest BCUT2D eigenvalue weighted by atomic mass is 35.5. The number of hydrogen-bond donors (Lipinski definition) is 2. The molecule has 0 unspecified atom stereocenters. The molecule has 0 radical (unpaired) electrons. The molecule has 1 saturated carbocycles. The number of anilines is 1. The Kier molecular flexibility index (Phi) is 6.28. The van der Waals surface area contributed by atoms with Crippen molar-refractivity contribution >= 4 is 52.2 Å². The number of aromatic nitrogens is 2. The fraction of sp³-hybridized carbons (Fsp3) is 0.375. The van der Waals surface area contributed by atoms with Crippen LogP contribution in [0.1, 0.15) is 35.5 Å². The first-order valence-corrected chi connectivity index (χ1v) is 10.1. The minimum absolute atomic E-state index is 0.00275. The van der Waals surface area contributed by atoms with Gasteiger partial charge in [-0.15, -0.1) is 10.2 Å². The normalized spacial score (nSPS) is 14.4. The summed E-state index contributed by atoms with van der Waals surface area (Å²) in [5, 5.41) is 14.4. The van der Waals surface area contributed by atoms with Gasteiger partial charge in [-0.05, 0) is 31.0 Å². The Balaban J connectivity index is 1.49. The van der Waals surface area contributed by atoms with Crippen LogP contribution in [0.25, 0.3) is 0 Å². The molecule has 1 aliphatic rings. The molecule has 1 aromatic carbocycles. The van der Waals surface area contributed by atoms with Gasteiger partial charge in [0.1, 0.15) is 0 Å². The van der Waals surface area contributed by atoms with Crippen LogP contribution in [0, 0.1) is 0 Å². The molecule has 3 rings (SSSR count). The van der Waals surface area contributed by atoms with Crippen molar-refractivity contribution in [1.29, 1.82) is 0 Å². The number of amides is 2. The van der Waals surface area contributed by atoms with Crippen molar-refractivity contribution < 1.29 is 9.59 Å². The van der Waals surface area contributed by atoms with E-state index in [-0.39, 0.29) is 22.6 Å². The largest absolute Gasteiger partial charge is 0.353 e. The lowest BCUT2D eigenvalue weighted by molar-refractivity contribution is -0.119. The molecule has 1 fully saturated rings. The number of nitrogens with one attached hydrogen (secondary N) is 2. The Hall–Kier alpha value is -1.64. The second kappa shape index (κ2) is 8.64. The fourth-order valence-electron chi connectivity index (χ4n) is 2.58. The molecule has 9 heteroatoms. The first kappa shape index (κ1) is 18.2. The van der Waals surface area contributed by atoms with Gasteiger partial charge >= 0.3 is 0 Å². The highest BCUT2D eigenvalue weighted by Gasteiger charge is 2.18. The first-order chi connectivity index (χ1) is 12.1. The SMILES string of the molecule is O=C(CSc1nnc(C(=O)Nc2cccc(Cl)c2)s1)NC1CCCC1. The standard InChI is InChI=1S/C16H17ClN4O2S2/c17-10-4-3-7-12(8-10)19-14(23)15-20-21-16(25-15)24-9-13(22)18-11-5-1-2-6-11/h3-4,7-8,11H,1-2,5-6,9H2,(H,18,22)(H,19,23). The van der Waals surface area contributed by atoms with Gasteiger partial charge in [-0.2, -0.15) is 0 Å². The van der Waals surface area contributed by atoms with Gasteiger partial charge in [0.15, 0.2) is 4.34 Å². The molecule has 0 spiro atoms. The van der Waals surface area contributed by atoms with Crippen LogP contribution >= 0.6 is 34.7 Å². The Labute approximate surface area is 158 Å². The number of hydrogen-bond acceptors (Lipinski definition) is 6. The number of halogens is 1. The third-order valence-electron chi connectivity index (χ3n) is 3.73. The molecular weight excluding hydrogens is 380 g/mol. The lowest BCUT2D eigenvalue weighted by Crippen LogP contribution is -2.33. The van der Waals surface area contributed by atoms with E-state index in [0.29, 0.717) is 21.1 Å². The maximum absolute atomic E-state index is 12.2. The van der Waals surface area contributed by atoms with Crippen LogP contribution in [-0.2, 0) is 4.79 Å². The zero-order valence-corrected chi connectivity index (χ0v) is 15.7. The van der Waals surface area contributed by atoms with E-state index in [2.05, 4.69) is 20.8 Å². The Morgan fingerprint density at radius 3 is 2.84 bits per heavy atom. The summed E-state index contributed by atoms with van der Waals surface area (Å²) >= 11 is 8.35. The van der Waals surface area contributed by atoms with E-state index in [4.69, 9.17) is 11.6 Å². The zero-order valence-electron chi connectivity index (χ0n) is 13.3. The van der Waals surface area contributed by atoms with E-state index in [1.54, 1.807) is 24.3 Å². The summed E-state index contributed by atoms with van der Waals surface area (Å²) in [6, 6.07) is 7.19. The average Bonchev–Trinajstić information content (AvgIpc) is 3.24. The molecule has 25 heavy (non-hydrogen) atoms. The van der Waals surface area contributed by atoms with Gasteiger partial charge in [0, 0.05) is 16.8 Å². The molecule has 1 heterocycles. The van der Waals surface area contributed by atoms with Gasteiger partial charge in [0.2, 0.25) is 10.9 Å². The molecule has 2 N–H and O–H groups in total. The zero-order chi connectivity index (χ0) is 17.6. The molecule has 132 valence electrons. The number of benzene rings is 1. The van der Waals surface area contributed by atoms with Crippen molar-refractivity contribution in [3.8, 4) is 0 Å². The van der Waals surface area contributed by atoms with Gasteiger partial charge < -0.3 is 10.6 Å². The molecule has 0 bridgehead atoms. The van der Waals surface area contributed by atoms with Gasteiger partial charge in [-0.3, -0.25) is 9.59 Å². The molecule has 1 aromatic heterocycles. The minimum atomic E-state index is -0.345. The topological polar surface area (TPSA) is 84.0 Å². The third kappa shape index (κ3) is 5.42. The molecule has 0 aliphatic heterocycles. The van der Waals surface area contributed by atoms with Gasteiger partial charge in [0.05, 0.1) is 5.75 Å². The Morgan fingerprint density at radius 1 is 1.28 bits per heavy atom. The molecule has 2 amide bonds. The number of carbonyl (C=O) groups excluding carboxylic acids is 2. The summed E-state index contributed by atoms with van der Waals surface area (Å²) in [4.78, 5) is 24.1. The van der Waals surface area contributed by atoms with Gasteiger partial charge in [0.25, 0.3) is 5.91 Å². The van der Waals surface area contributed by atoms with Crippen LogP contribution in [0.2, 0.25) is 5.02 Å². The van der Waals surface area contributed by atoms with Crippen molar-refractivity contribution in [3.63, 3.8) is 0 Å². The maximum atomic E-state index is 12.2. The summed E-state index contributed by atoms with van der Waals surface area (Å²) in [7, 11) is 0. The molecule has 1 aliphatic carbocycles. The average molecular weight is 397 g/mol. The summed E-state index contributed by atoms with van der Waals surface area (Å²) < 4.78 is 0.595. The van der Waals surface area contributed by atoms with Crippen LogP contribution in [0.15, 0.2) is 28.6 Å². The monoisotopic (exact) mass is 396 g/mol. The summed E-state index contributed by atoms with van der Waals surface area (Å²) in [6.45, 7) is 0. The van der Waals surface area contributed by atoms with Crippen molar-refractivity contribution in [1.82, 2.24) is 15.5 Å². The molecule has 6 nitrogen and oxygen atoms in total. The van der Waals surface area contributed by atoms with Crippen LogP contribution in [0.5, 0.6) is 0 Å². The predicted octanol–water partition coefficient (Wildman–Crippen LogP) is 3.59. The number of carbonyl (C=O) groups is 2. The van der Waals surface area contributed by atoms with E-state index in [9.17, 15) is 9.59 Å². The highest BCUT2D eigenvalue weighted by molar-refractivity contribution is 8.01. The lowest BCUT2D eigenvalue weighted by atomic mass is 10.2. The van der Waals surface area contributed by atoms with E-state index in [1.165, 1.54) is 24.6 Å². The van der Waals surface area contributed by atoms with E-state index >= 15 is 0 Å². The first-order valence-electron chi connectivity index (χ1n) is 7.93. The number of thioether (sulfide) groups is 1. The van der Waals surface area contributed by atoms with Crippen molar-refractivity contribution in [3.05, 3.63) is 34.3 Å². The van der Waals surface area contributed by atoms with E-state index < -0.39 is 0 Å². The van der Waals surface area contributed by atoms with Crippen molar-refractivity contribution in [2.24, 2.45) is 0 Å². The lowest BCUT2D eigenvalue weighted by Gasteiger charge is -2.10. The predicted molar refractivity (Wildman–Crippen MR) is 100 cm³/mol. The van der Waals surface area contributed by atoms with Crippen LogP contribution < -0.4 is 10.6 Å². The summed E-state index contributed by atoms with van der Waals surface area (Å²) in [6.07, 6.45) is 4.48. The molecular formula is C16H17ClN4O2S2. The molecule has 0 atom stereocenters. The smallest absolute Gasteiger partial charge is 0.286 e. The Morgan fingerprint density at radius 2 is 2.08 bits per heavy atom. The number of rotatable bonds is 6.